The Morgan fingerprint density at radius 2 is 2.17 bits per heavy atom. The van der Waals surface area contributed by atoms with E-state index in [2.05, 4.69) is 26.2 Å². The quantitative estimate of drug-likeness (QED) is 0.905. The number of carbonyl (C=O) groups excluding carboxylic acids is 1. The Bertz CT molecular complexity index is 601. The van der Waals surface area contributed by atoms with Gasteiger partial charge in [-0.25, -0.2) is 0 Å². The Labute approximate surface area is 118 Å². The first-order valence-corrected chi connectivity index (χ1v) is 6.42. The highest BCUT2D eigenvalue weighted by molar-refractivity contribution is 9.10. The maximum absolute atomic E-state index is 12.1. The van der Waals surface area contributed by atoms with Gasteiger partial charge in [-0.2, -0.15) is 0 Å². The van der Waals surface area contributed by atoms with Crippen molar-refractivity contribution in [2.45, 2.75) is 6.92 Å². The summed E-state index contributed by atoms with van der Waals surface area (Å²) in [4.78, 5) is 15.9. The zero-order valence-electron chi connectivity index (χ0n) is 9.58. The number of benzene rings is 1. The number of nitrogens with zero attached hydrogens (tertiary/aromatic N) is 1. The van der Waals surface area contributed by atoms with Gasteiger partial charge in [-0.15, -0.1) is 0 Å². The molecule has 0 bridgehead atoms. The van der Waals surface area contributed by atoms with Gasteiger partial charge in [0.2, 0.25) is 0 Å². The van der Waals surface area contributed by atoms with Crippen LogP contribution in [0.4, 0.5) is 5.69 Å². The van der Waals surface area contributed by atoms with Crippen molar-refractivity contribution < 1.29 is 4.79 Å². The van der Waals surface area contributed by atoms with E-state index in [1.165, 1.54) is 12.4 Å². The maximum atomic E-state index is 12.1. The Balaban J connectivity index is 2.27. The van der Waals surface area contributed by atoms with E-state index in [4.69, 9.17) is 11.6 Å². The number of anilines is 1. The van der Waals surface area contributed by atoms with E-state index >= 15 is 0 Å². The van der Waals surface area contributed by atoms with Gasteiger partial charge in [-0.05, 0) is 46.6 Å². The summed E-state index contributed by atoms with van der Waals surface area (Å²) < 4.78 is 0.826. The van der Waals surface area contributed by atoms with Crippen LogP contribution in [0.1, 0.15) is 15.9 Å². The lowest BCUT2D eigenvalue weighted by Crippen LogP contribution is -2.13. The lowest BCUT2D eigenvalue weighted by atomic mass is 10.2. The predicted octanol–water partition coefficient (Wildman–Crippen LogP) is 4.06. The summed E-state index contributed by atoms with van der Waals surface area (Å²) in [5, 5.41) is 3.14. The van der Waals surface area contributed by atoms with Gasteiger partial charge < -0.3 is 5.32 Å². The van der Waals surface area contributed by atoms with Crippen molar-refractivity contribution in [2.75, 3.05) is 5.32 Å². The van der Waals surface area contributed by atoms with Crippen molar-refractivity contribution in [1.82, 2.24) is 4.98 Å². The summed E-state index contributed by atoms with van der Waals surface area (Å²) in [6.45, 7) is 1.96. The second-order valence-electron chi connectivity index (χ2n) is 3.79. The molecule has 1 aromatic heterocycles. The molecule has 18 heavy (non-hydrogen) atoms. The molecule has 0 saturated heterocycles. The smallest absolute Gasteiger partial charge is 0.257 e. The molecule has 2 rings (SSSR count). The summed E-state index contributed by atoms with van der Waals surface area (Å²) in [5.74, 6) is -0.256. The molecule has 3 nitrogen and oxygen atoms in total. The van der Waals surface area contributed by atoms with E-state index in [0.717, 1.165) is 10.0 Å². The highest BCUT2D eigenvalue weighted by Crippen LogP contribution is 2.24. The van der Waals surface area contributed by atoms with Gasteiger partial charge in [-0.1, -0.05) is 17.7 Å². The first-order valence-electron chi connectivity index (χ1n) is 5.25. The Kier molecular flexibility index (Phi) is 3.99. The topological polar surface area (TPSA) is 42.0 Å². The molecule has 0 saturated carbocycles. The van der Waals surface area contributed by atoms with E-state index in [1.54, 1.807) is 6.07 Å². The summed E-state index contributed by atoms with van der Waals surface area (Å²) in [7, 11) is 0. The fourth-order valence-electron chi connectivity index (χ4n) is 1.48. The number of carbonyl (C=O) groups is 1. The van der Waals surface area contributed by atoms with Crippen LogP contribution in [0.25, 0.3) is 0 Å². The minimum atomic E-state index is -0.256. The van der Waals surface area contributed by atoms with Crippen LogP contribution in [-0.4, -0.2) is 10.9 Å². The monoisotopic (exact) mass is 324 g/mol. The molecule has 0 aliphatic rings. The van der Waals surface area contributed by atoms with Gasteiger partial charge in [-0.3, -0.25) is 9.78 Å². The number of nitrogens with one attached hydrogen (secondary N) is 1. The molecule has 0 aliphatic carbocycles. The molecule has 0 atom stereocenters. The van der Waals surface area contributed by atoms with Crippen molar-refractivity contribution in [1.29, 1.82) is 0 Å². The van der Waals surface area contributed by atoms with Crippen molar-refractivity contribution in [3.8, 4) is 0 Å². The fraction of sp³-hybridized carbons (Fsp3) is 0.0769. The second kappa shape index (κ2) is 5.50. The molecule has 1 heterocycles. The van der Waals surface area contributed by atoms with Crippen LogP contribution in [0.2, 0.25) is 5.02 Å². The molecule has 1 amide bonds. The van der Waals surface area contributed by atoms with Gasteiger partial charge in [0.05, 0.1) is 16.3 Å². The molecule has 0 radical (unpaired) electrons. The number of amides is 1. The molecule has 0 fully saturated rings. The van der Waals surface area contributed by atoms with E-state index in [0.29, 0.717) is 16.3 Å². The van der Waals surface area contributed by atoms with Crippen LogP contribution in [0, 0.1) is 6.92 Å². The zero-order chi connectivity index (χ0) is 13.1. The third kappa shape index (κ3) is 2.89. The molecule has 5 heteroatoms. The Hall–Kier alpha value is -1.39. The highest BCUT2D eigenvalue weighted by atomic mass is 79.9. The van der Waals surface area contributed by atoms with E-state index in [9.17, 15) is 4.79 Å². The lowest BCUT2D eigenvalue weighted by molar-refractivity contribution is 0.102. The van der Waals surface area contributed by atoms with Crippen LogP contribution in [0.15, 0.2) is 41.1 Å². The fourth-order valence-corrected chi connectivity index (χ4v) is 2.03. The van der Waals surface area contributed by atoms with E-state index < -0.39 is 0 Å². The van der Waals surface area contributed by atoms with Gasteiger partial charge in [0, 0.05) is 16.9 Å². The van der Waals surface area contributed by atoms with Crippen LogP contribution < -0.4 is 5.32 Å². The molecule has 1 aromatic carbocycles. The molecular formula is C13H10BrClN2O. The van der Waals surface area contributed by atoms with Crippen LogP contribution in [0.3, 0.4) is 0 Å². The van der Waals surface area contributed by atoms with Gasteiger partial charge in [0.25, 0.3) is 5.91 Å². The van der Waals surface area contributed by atoms with Gasteiger partial charge >= 0.3 is 0 Å². The van der Waals surface area contributed by atoms with E-state index in [1.807, 2.05) is 25.1 Å². The number of hydrogen-bond donors (Lipinski definition) is 1. The summed E-state index contributed by atoms with van der Waals surface area (Å²) in [6, 6.07) is 7.32. The van der Waals surface area contributed by atoms with Crippen LogP contribution in [-0.2, 0) is 0 Å². The van der Waals surface area contributed by atoms with Crippen molar-refractivity contribution >= 4 is 39.1 Å². The summed E-state index contributed by atoms with van der Waals surface area (Å²) in [5.41, 5.74) is 2.18. The second-order valence-corrected chi connectivity index (χ2v) is 5.05. The van der Waals surface area contributed by atoms with Crippen molar-refractivity contribution in [3.63, 3.8) is 0 Å². The molecule has 92 valence electrons. The van der Waals surface area contributed by atoms with Gasteiger partial charge in [0.15, 0.2) is 0 Å². The minimum absolute atomic E-state index is 0.256. The van der Waals surface area contributed by atoms with Crippen LogP contribution in [0.5, 0.6) is 0 Å². The SMILES string of the molecule is Cc1ccc(Br)c(NC(=O)c2ccncc2Cl)c1. The average Bonchev–Trinajstić information content (AvgIpc) is 2.34. The molecule has 0 aliphatic heterocycles. The van der Waals surface area contributed by atoms with Crippen LogP contribution >= 0.6 is 27.5 Å². The van der Waals surface area contributed by atoms with Gasteiger partial charge in [0.1, 0.15) is 0 Å². The predicted molar refractivity (Wildman–Crippen MR) is 76.1 cm³/mol. The van der Waals surface area contributed by atoms with E-state index in [-0.39, 0.29) is 5.91 Å². The standard InChI is InChI=1S/C13H10BrClN2O/c1-8-2-3-10(14)12(6-8)17-13(18)9-4-5-16-7-11(9)15/h2-7H,1H3,(H,17,18). The number of aromatic nitrogens is 1. The average molecular weight is 326 g/mol. The first-order chi connectivity index (χ1) is 8.58. The van der Waals surface area contributed by atoms with Crippen molar-refractivity contribution in [2.24, 2.45) is 0 Å². The molecular weight excluding hydrogens is 316 g/mol. The summed E-state index contributed by atoms with van der Waals surface area (Å²) >= 11 is 9.31. The Morgan fingerprint density at radius 1 is 1.39 bits per heavy atom. The number of pyridine rings is 1. The zero-order valence-corrected chi connectivity index (χ0v) is 11.9. The largest absolute Gasteiger partial charge is 0.321 e. The highest BCUT2D eigenvalue weighted by Gasteiger charge is 2.11. The lowest BCUT2D eigenvalue weighted by Gasteiger charge is -2.09. The minimum Gasteiger partial charge on any atom is -0.321 e. The molecule has 0 unspecified atom stereocenters. The molecule has 1 N–H and O–H groups in total. The number of rotatable bonds is 2. The number of halogens is 2. The Morgan fingerprint density at radius 3 is 2.89 bits per heavy atom. The third-order valence-corrected chi connectivity index (χ3v) is 3.38. The normalized spacial score (nSPS) is 10.2. The van der Waals surface area contributed by atoms with Crippen molar-refractivity contribution in [3.05, 3.63) is 57.3 Å². The third-order valence-electron chi connectivity index (χ3n) is 2.39. The first kappa shape index (κ1) is 13.1. The number of hydrogen-bond acceptors (Lipinski definition) is 2. The maximum Gasteiger partial charge on any atom is 0.257 e. The molecule has 2 aromatic rings. The summed E-state index contributed by atoms with van der Waals surface area (Å²) in [6.07, 6.45) is 2.98. The number of aryl methyl sites for hydroxylation is 1. The molecule has 0 spiro atoms.